The van der Waals surface area contributed by atoms with E-state index in [2.05, 4.69) is 20.6 Å². The minimum absolute atomic E-state index is 0.212. The standard InChI is InChI=1S/C14H18N6O3/c1-9-16-13(23-18-9)11-8-22-7-6-19(11)14(21)17-12-4-5-15-20(12)10-2-3-10/h4-5,10-11H,2-3,6-8H2,1H3,(H,17,21). The third-order valence-corrected chi connectivity index (χ3v) is 4.02. The molecule has 23 heavy (non-hydrogen) atoms. The van der Waals surface area contributed by atoms with Crippen LogP contribution in [0.2, 0.25) is 0 Å². The van der Waals surface area contributed by atoms with Gasteiger partial charge in [-0.25, -0.2) is 9.48 Å². The lowest BCUT2D eigenvalue weighted by molar-refractivity contribution is 0.00345. The quantitative estimate of drug-likeness (QED) is 0.921. The van der Waals surface area contributed by atoms with Gasteiger partial charge in [0.05, 0.1) is 25.5 Å². The Bertz CT molecular complexity index is 707. The van der Waals surface area contributed by atoms with Gasteiger partial charge in [-0.05, 0) is 19.8 Å². The van der Waals surface area contributed by atoms with Gasteiger partial charge in [0.25, 0.3) is 5.89 Å². The number of ether oxygens (including phenoxy) is 1. The van der Waals surface area contributed by atoms with Gasteiger partial charge in [0.15, 0.2) is 5.82 Å². The molecule has 0 radical (unpaired) electrons. The van der Waals surface area contributed by atoms with Crippen LogP contribution in [0.25, 0.3) is 0 Å². The molecule has 1 saturated heterocycles. The van der Waals surface area contributed by atoms with Crippen molar-refractivity contribution in [2.24, 2.45) is 0 Å². The van der Waals surface area contributed by atoms with E-state index in [-0.39, 0.29) is 12.1 Å². The van der Waals surface area contributed by atoms with Gasteiger partial charge in [0.2, 0.25) is 0 Å². The number of nitrogens with zero attached hydrogens (tertiary/aromatic N) is 5. The number of urea groups is 1. The molecule has 0 aromatic carbocycles. The van der Waals surface area contributed by atoms with Crippen LogP contribution in [0.5, 0.6) is 0 Å². The van der Waals surface area contributed by atoms with E-state index >= 15 is 0 Å². The molecule has 0 spiro atoms. The molecule has 4 rings (SSSR count). The fourth-order valence-corrected chi connectivity index (χ4v) is 2.70. The summed E-state index contributed by atoms with van der Waals surface area (Å²) in [5.41, 5.74) is 0. The van der Waals surface area contributed by atoms with Gasteiger partial charge in [0, 0.05) is 12.6 Å². The number of carbonyl (C=O) groups excluding carboxylic acids is 1. The molecule has 2 amide bonds. The van der Waals surface area contributed by atoms with Crippen LogP contribution in [0.15, 0.2) is 16.8 Å². The first-order valence-corrected chi connectivity index (χ1v) is 7.71. The van der Waals surface area contributed by atoms with Crippen LogP contribution in [-0.4, -0.2) is 50.6 Å². The summed E-state index contributed by atoms with van der Waals surface area (Å²) in [6, 6.07) is 1.63. The van der Waals surface area contributed by atoms with Gasteiger partial charge in [-0.1, -0.05) is 5.16 Å². The molecular weight excluding hydrogens is 300 g/mol. The number of aryl methyl sites for hydroxylation is 1. The maximum atomic E-state index is 12.7. The fraction of sp³-hybridized carbons (Fsp3) is 0.571. The molecule has 1 aliphatic heterocycles. The van der Waals surface area contributed by atoms with E-state index in [1.165, 1.54) is 0 Å². The number of hydrogen-bond donors (Lipinski definition) is 1. The number of amides is 2. The number of carbonyl (C=O) groups is 1. The van der Waals surface area contributed by atoms with E-state index in [1.807, 2.05) is 10.7 Å². The second-order valence-corrected chi connectivity index (χ2v) is 5.79. The van der Waals surface area contributed by atoms with Crippen molar-refractivity contribution in [1.82, 2.24) is 24.8 Å². The van der Waals surface area contributed by atoms with Gasteiger partial charge in [-0.15, -0.1) is 0 Å². The summed E-state index contributed by atoms with van der Waals surface area (Å²) in [7, 11) is 0. The molecule has 2 aliphatic rings. The monoisotopic (exact) mass is 318 g/mol. The number of morpholine rings is 1. The molecule has 1 N–H and O–H groups in total. The summed E-state index contributed by atoms with van der Waals surface area (Å²) in [5.74, 6) is 1.65. The molecule has 3 heterocycles. The Hall–Kier alpha value is -2.42. The van der Waals surface area contributed by atoms with Crippen molar-refractivity contribution in [3.8, 4) is 0 Å². The predicted octanol–water partition coefficient (Wildman–Crippen LogP) is 1.51. The molecule has 1 aliphatic carbocycles. The normalized spacial score (nSPS) is 21.4. The Morgan fingerprint density at radius 1 is 1.43 bits per heavy atom. The predicted molar refractivity (Wildman–Crippen MR) is 78.8 cm³/mol. The van der Waals surface area contributed by atoms with Crippen molar-refractivity contribution >= 4 is 11.8 Å². The lowest BCUT2D eigenvalue weighted by Gasteiger charge is -2.33. The van der Waals surface area contributed by atoms with Crippen molar-refractivity contribution in [2.75, 3.05) is 25.1 Å². The third-order valence-electron chi connectivity index (χ3n) is 4.02. The summed E-state index contributed by atoms with van der Waals surface area (Å²) >= 11 is 0. The van der Waals surface area contributed by atoms with Crippen molar-refractivity contribution in [3.63, 3.8) is 0 Å². The van der Waals surface area contributed by atoms with Crippen LogP contribution < -0.4 is 5.32 Å². The van der Waals surface area contributed by atoms with Gasteiger partial charge >= 0.3 is 6.03 Å². The molecule has 2 aromatic heterocycles. The zero-order valence-electron chi connectivity index (χ0n) is 12.8. The topological polar surface area (TPSA) is 98.3 Å². The maximum absolute atomic E-state index is 12.7. The summed E-state index contributed by atoms with van der Waals surface area (Å²) in [5, 5.41) is 11.0. The highest BCUT2D eigenvalue weighted by atomic mass is 16.5. The van der Waals surface area contributed by atoms with Crippen LogP contribution in [0.1, 0.15) is 36.6 Å². The SMILES string of the molecule is Cc1noc(C2COCCN2C(=O)Nc2ccnn2C2CC2)n1. The van der Waals surface area contributed by atoms with Crippen LogP contribution >= 0.6 is 0 Å². The fourth-order valence-electron chi connectivity index (χ4n) is 2.70. The number of nitrogens with one attached hydrogen (secondary N) is 1. The Kier molecular flexibility index (Phi) is 3.49. The molecule has 2 aromatic rings. The van der Waals surface area contributed by atoms with Gasteiger partial charge in [-0.3, -0.25) is 5.32 Å². The first-order chi connectivity index (χ1) is 11.2. The van der Waals surface area contributed by atoms with E-state index < -0.39 is 0 Å². The zero-order chi connectivity index (χ0) is 15.8. The minimum Gasteiger partial charge on any atom is -0.377 e. The number of rotatable bonds is 3. The number of anilines is 1. The second kappa shape index (κ2) is 5.65. The molecule has 1 saturated carbocycles. The molecule has 2 fully saturated rings. The van der Waals surface area contributed by atoms with Gasteiger partial charge in [-0.2, -0.15) is 10.1 Å². The largest absolute Gasteiger partial charge is 0.377 e. The lowest BCUT2D eigenvalue weighted by atomic mass is 10.2. The highest BCUT2D eigenvalue weighted by molar-refractivity contribution is 5.88. The van der Waals surface area contributed by atoms with Crippen LogP contribution in [-0.2, 0) is 4.74 Å². The molecule has 1 atom stereocenters. The van der Waals surface area contributed by atoms with Crippen LogP contribution in [0.3, 0.4) is 0 Å². The molecule has 1 unspecified atom stereocenters. The Morgan fingerprint density at radius 2 is 2.30 bits per heavy atom. The maximum Gasteiger partial charge on any atom is 0.323 e. The van der Waals surface area contributed by atoms with Gasteiger partial charge in [0.1, 0.15) is 11.9 Å². The first kappa shape index (κ1) is 14.2. The van der Waals surface area contributed by atoms with E-state index in [0.29, 0.717) is 43.3 Å². The highest BCUT2D eigenvalue weighted by Gasteiger charge is 2.34. The summed E-state index contributed by atoms with van der Waals surface area (Å²) in [6.07, 6.45) is 3.91. The molecule has 0 bridgehead atoms. The smallest absolute Gasteiger partial charge is 0.323 e. The summed E-state index contributed by atoms with van der Waals surface area (Å²) < 4.78 is 12.5. The van der Waals surface area contributed by atoms with Crippen molar-refractivity contribution in [2.45, 2.75) is 31.8 Å². The molecule has 9 nitrogen and oxygen atoms in total. The van der Waals surface area contributed by atoms with E-state index in [4.69, 9.17) is 9.26 Å². The van der Waals surface area contributed by atoms with Crippen LogP contribution in [0.4, 0.5) is 10.6 Å². The number of hydrogen-bond acceptors (Lipinski definition) is 6. The van der Waals surface area contributed by atoms with E-state index in [1.54, 1.807) is 18.0 Å². The average molecular weight is 318 g/mol. The minimum atomic E-state index is -0.373. The van der Waals surface area contributed by atoms with Crippen molar-refractivity contribution in [3.05, 3.63) is 24.0 Å². The number of aromatic nitrogens is 4. The van der Waals surface area contributed by atoms with Crippen molar-refractivity contribution < 1.29 is 14.1 Å². The lowest BCUT2D eigenvalue weighted by Crippen LogP contribution is -2.45. The Morgan fingerprint density at radius 3 is 3.04 bits per heavy atom. The Labute approximate surface area is 132 Å². The third kappa shape index (κ3) is 2.79. The summed E-state index contributed by atoms with van der Waals surface area (Å²) in [6.45, 7) is 3.04. The van der Waals surface area contributed by atoms with E-state index in [0.717, 1.165) is 12.8 Å². The van der Waals surface area contributed by atoms with Gasteiger partial charge < -0.3 is 14.2 Å². The zero-order valence-corrected chi connectivity index (χ0v) is 12.8. The molecule has 9 heteroatoms. The average Bonchev–Trinajstić information content (AvgIpc) is 3.15. The summed E-state index contributed by atoms with van der Waals surface area (Å²) in [4.78, 5) is 18.6. The van der Waals surface area contributed by atoms with Crippen molar-refractivity contribution in [1.29, 1.82) is 0 Å². The van der Waals surface area contributed by atoms with E-state index in [9.17, 15) is 4.79 Å². The first-order valence-electron chi connectivity index (χ1n) is 7.71. The second-order valence-electron chi connectivity index (χ2n) is 5.79. The van der Waals surface area contributed by atoms with Crippen LogP contribution in [0, 0.1) is 6.92 Å². The highest BCUT2D eigenvalue weighted by Crippen LogP contribution is 2.36. The molecule has 122 valence electrons. The molecular formula is C14H18N6O3. The Balaban J connectivity index is 1.52.